The van der Waals surface area contributed by atoms with E-state index in [0.717, 1.165) is 11.3 Å². The van der Waals surface area contributed by atoms with Crippen molar-refractivity contribution in [1.82, 2.24) is 10.3 Å². The van der Waals surface area contributed by atoms with Crippen LogP contribution in [0.1, 0.15) is 18.6 Å². The third-order valence-corrected chi connectivity index (χ3v) is 3.56. The van der Waals surface area contributed by atoms with Gasteiger partial charge in [-0.25, -0.2) is 0 Å². The molecule has 1 aromatic carbocycles. The van der Waals surface area contributed by atoms with E-state index in [4.69, 9.17) is 0 Å². The second kappa shape index (κ2) is 5.52. The summed E-state index contributed by atoms with van der Waals surface area (Å²) in [5, 5.41) is 22.2. The van der Waals surface area contributed by atoms with E-state index in [2.05, 4.69) is 10.3 Å². The number of aromatic amines is 1. The molecular formula is C12H14N2O4S. The molecule has 2 rings (SSSR count). The Labute approximate surface area is 112 Å². The van der Waals surface area contributed by atoms with Gasteiger partial charge in [0.1, 0.15) is 12.2 Å². The van der Waals surface area contributed by atoms with Crippen molar-refractivity contribution in [3.8, 4) is 0 Å². The first-order chi connectivity index (χ1) is 8.97. The van der Waals surface area contributed by atoms with Gasteiger partial charge in [0.2, 0.25) is 5.91 Å². The number of H-pyrrole nitrogens is 1. The zero-order valence-corrected chi connectivity index (χ0v) is 11.0. The number of rotatable bonds is 4. The fourth-order valence-electron chi connectivity index (χ4n) is 1.73. The van der Waals surface area contributed by atoms with E-state index in [9.17, 15) is 19.8 Å². The lowest BCUT2D eigenvalue weighted by molar-refractivity contribution is -0.119. The fraction of sp³-hybridized carbons (Fsp3) is 0.333. The maximum absolute atomic E-state index is 11.2. The minimum Gasteiger partial charge on any atom is -0.388 e. The van der Waals surface area contributed by atoms with Crippen molar-refractivity contribution < 1.29 is 15.0 Å². The van der Waals surface area contributed by atoms with Gasteiger partial charge in [-0.1, -0.05) is 17.4 Å². The maximum atomic E-state index is 11.2. The van der Waals surface area contributed by atoms with Gasteiger partial charge in [-0.3, -0.25) is 9.59 Å². The van der Waals surface area contributed by atoms with Crippen LogP contribution in [0.25, 0.3) is 10.2 Å². The van der Waals surface area contributed by atoms with E-state index < -0.39 is 12.2 Å². The molecule has 0 radical (unpaired) electrons. The highest BCUT2D eigenvalue weighted by Crippen LogP contribution is 2.22. The Morgan fingerprint density at radius 1 is 1.47 bits per heavy atom. The maximum Gasteiger partial charge on any atom is 0.305 e. The number of carbonyl (C=O) groups excluding carboxylic acids is 1. The van der Waals surface area contributed by atoms with Gasteiger partial charge >= 0.3 is 4.87 Å². The van der Waals surface area contributed by atoms with E-state index in [0.29, 0.717) is 15.8 Å². The van der Waals surface area contributed by atoms with Crippen LogP contribution in [0.3, 0.4) is 0 Å². The molecule has 6 nitrogen and oxygen atoms in total. The van der Waals surface area contributed by atoms with Crippen LogP contribution in [0.4, 0.5) is 0 Å². The van der Waals surface area contributed by atoms with E-state index >= 15 is 0 Å². The molecule has 0 fully saturated rings. The van der Waals surface area contributed by atoms with Crippen molar-refractivity contribution in [1.29, 1.82) is 0 Å². The molecule has 2 atom stereocenters. The van der Waals surface area contributed by atoms with E-state index in [-0.39, 0.29) is 17.3 Å². The SMILES string of the molecule is CC(=O)NCC(O)C(O)c1ccc2[nH]c(=O)sc2c1. The van der Waals surface area contributed by atoms with Crippen LogP contribution >= 0.6 is 11.3 Å². The Hall–Kier alpha value is -1.70. The molecule has 0 bridgehead atoms. The molecule has 0 spiro atoms. The van der Waals surface area contributed by atoms with Crippen LogP contribution in [0, 0.1) is 0 Å². The number of benzene rings is 1. The number of thiazole rings is 1. The lowest BCUT2D eigenvalue weighted by atomic mass is 10.0. The second-order valence-electron chi connectivity index (χ2n) is 4.22. The van der Waals surface area contributed by atoms with E-state index in [1.165, 1.54) is 6.92 Å². The molecule has 0 saturated carbocycles. The largest absolute Gasteiger partial charge is 0.388 e. The molecule has 2 unspecified atom stereocenters. The number of nitrogens with one attached hydrogen (secondary N) is 2. The number of aliphatic hydroxyl groups excluding tert-OH is 2. The van der Waals surface area contributed by atoms with Crippen molar-refractivity contribution in [2.24, 2.45) is 0 Å². The van der Waals surface area contributed by atoms with Crippen LogP contribution in [-0.2, 0) is 4.79 Å². The average molecular weight is 282 g/mol. The number of aliphatic hydroxyl groups is 2. The summed E-state index contributed by atoms with van der Waals surface area (Å²) in [6, 6.07) is 4.96. The predicted octanol–water partition coefficient (Wildman–Crippen LogP) is 0.120. The molecule has 0 saturated heterocycles. The van der Waals surface area contributed by atoms with Crippen molar-refractivity contribution in [2.45, 2.75) is 19.1 Å². The molecule has 0 aliphatic heterocycles. The van der Waals surface area contributed by atoms with Gasteiger partial charge in [0.15, 0.2) is 0 Å². The topological polar surface area (TPSA) is 102 Å². The number of fused-ring (bicyclic) bond motifs is 1. The Balaban J connectivity index is 2.18. The fourth-order valence-corrected chi connectivity index (χ4v) is 2.51. The highest BCUT2D eigenvalue weighted by molar-refractivity contribution is 7.16. The molecule has 7 heteroatoms. The van der Waals surface area contributed by atoms with Crippen molar-refractivity contribution in [2.75, 3.05) is 6.54 Å². The summed E-state index contributed by atoms with van der Waals surface area (Å²) in [6.45, 7) is 1.31. The lowest BCUT2D eigenvalue weighted by Crippen LogP contribution is -2.34. The number of aromatic nitrogens is 1. The van der Waals surface area contributed by atoms with E-state index in [1.54, 1.807) is 18.2 Å². The van der Waals surface area contributed by atoms with Crippen LogP contribution in [-0.4, -0.2) is 33.8 Å². The molecule has 0 aliphatic rings. The van der Waals surface area contributed by atoms with Gasteiger partial charge in [-0.15, -0.1) is 0 Å². The van der Waals surface area contributed by atoms with Crippen molar-refractivity contribution >= 4 is 27.5 Å². The Kier molecular flexibility index (Phi) is 3.98. The molecule has 4 N–H and O–H groups in total. The van der Waals surface area contributed by atoms with Gasteiger partial charge in [-0.05, 0) is 17.7 Å². The smallest absolute Gasteiger partial charge is 0.305 e. The second-order valence-corrected chi connectivity index (χ2v) is 5.23. The van der Waals surface area contributed by atoms with Gasteiger partial charge in [0.05, 0.1) is 10.2 Å². The average Bonchev–Trinajstić information content (AvgIpc) is 2.73. The van der Waals surface area contributed by atoms with Gasteiger partial charge in [0.25, 0.3) is 0 Å². The summed E-state index contributed by atoms with van der Waals surface area (Å²) in [6.07, 6.45) is -2.22. The quantitative estimate of drug-likeness (QED) is 0.639. The molecule has 1 aromatic heterocycles. The van der Waals surface area contributed by atoms with Crippen LogP contribution in [0.5, 0.6) is 0 Å². The molecule has 0 aliphatic carbocycles. The van der Waals surface area contributed by atoms with Gasteiger partial charge in [0, 0.05) is 13.5 Å². The number of hydrogen-bond donors (Lipinski definition) is 4. The monoisotopic (exact) mass is 282 g/mol. The first-order valence-electron chi connectivity index (χ1n) is 5.70. The summed E-state index contributed by atoms with van der Waals surface area (Å²) in [5.41, 5.74) is 1.20. The molecule has 2 aromatic rings. The molecule has 102 valence electrons. The third kappa shape index (κ3) is 3.19. The Bertz CT molecular complexity index is 648. The van der Waals surface area contributed by atoms with Gasteiger partial charge in [-0.2, -0.15) is 0 Å². The minimum absolute atomic E-state index is 0.0299. The highest BCUT2D eigenvalue weighted by atomic mass is 32.1. The molecule has 19 heavy (non-hydrogen) atoms. The minimum atomic E-state index is -1.12. The molecular weight excluding hydrogens is 268 g/mol. The highest BCUT2D eigenvalue weighted by Gasteiger charge is 2.19. The Morgan fingerprint density at radius 2 is 2.21 bits per heavy atom. The summed E-state index contributed by atoms with van der Waals surface area (Å²) in [4.78, 5) is 24.4. The zero-order chi connectivity index (χ0) is 14.0. The summed E-state index contributed by atoms with van der Waals surface area (Å²) < 4.78 is 0.716. The Morgan fingerprint density at radius 3 is 2.89 bits per heavy atom. The predicted molar refractivity (Wildman–Crippen MR) is 72.1 cm³/mol. The summed E-state index contributed by atoms with van der Waals surface area (Å²) >= 11 is 1.04. The third-order valence-electron chi connectivity index (χ3n) is 2.71. The number of carbonyl (C=O) groups is 1. The van der Waals surface area contributed by atoms with Crippen LogP contribution in [0.15, 0.2) is 23.0 Å². The first-order valence-corrected chi connectivity index (χ1v) is 6.52. The normalized spacial score (nSPS) is 14.3. The molecule has 1 amide bonds. The standard InChI is InChI=1S/C12H14N2O4S/c1-6(15)13-5-9(16)11(17)7-2-3-8-10(4-7)19-12(18)14-8/h2-4,9,11,16-17H,5H2,1H3,(H,13,15)(H,14,18). The van der Waals surface area contributed by atoms with Crippen molar-refractivity contribution in [3.05, 3.63) is 33.4 Å². The lowest BCUT2D eigenvalue weighted by Gasteiger charge is -2.18. The number of hydrogen-bond acceptors (Lipinski definition) is 5. The summed E-state index contributed by atoms with van der Waals surface area (Å²) in [5.74, 6) is -0.273. The van der Waals surface area contributed by atoms with Crippen LogP contribution in [0.2, 0.25) is 0 Å². The summed E-state index contributed by atoms with van der Waals surface area (Å²) in [7, 11) is 0. The van der Waals surface area contributed by atoms with Gasteiger partial charge < -0.3 is 20.5 Å². The van der Waals surface area contributed by atoms with Crippen LogP contribution < -0.4 is 10.2 Å². The number of amides is 1. The zero-order valence-electron chi connectivity index (χ0n) is 10.2. The van der Waals surface area contributed by atoms with E-state index in [1.807, 2.05) is 0 Å². The molecule has 1 heterocycles. The first kappa shape index (κ1) is 13.7. The van der Waals surface area contributed by atoms with Crippen molar-refractivity contribution in [3.63, 3.8) is 0 Å².